The fourth-order valence-electron chi connectivity index (χ4n) is 2.82. The van der Waals surface area contributed by atoms with Crippen LogP contribution in [0.5, 0.6) is 0 Å². The number of hydrazone groups is 1. The van der Waals surface area contributed by atoms with Crippen molar-refractivity contribution in [2.45, 2.75) is 38.5 Å². The van der Waals surface area contributed by atoms with Gasteiger partial charge in [0.25, 0.3) is 5.91 Å². The highest BCUT2D eigenvalue weighted by Gasteiger charge is 2.12. The topological polar surface area (TPSA) is 46.4 Å². The van der Waals surface area contributed by atoms with E-state index in [1.54, 1.807) is 0 Å². The Kier molecular flexibility index (Phi) is 4.68. The van der Waals surface area contributed by atoms with Crippen LogP contribution in [0.2, 0.25) is 0 Å². The highest BCUT2D eigenvalue weighted by Crippen LogP contribution is 2.16. The summed E-state index contributed by atoms with van der Waals surface area (Å²) in [4.78, 5) is 12.5. The molecule has 0 aliphatic heterocycles. The smallest absolute Gasteiger partial charge is 0.273 e. The molecule has 1 amide bonds. The molecule has 114 valence electrons. The lowest BCUT2D eigenvalue weighted by Crippen LogP contribution is -2.21. The normalized spacial score (nSPS) is 15.2. The molecule has 1 aliphatic rings. The Hall–Kier alpha value is -2.36. The molecule has 1 saturated carbocycles. The minimum absolute atomic E-state index is 0.152. The van der Waals surface area contributed by atoms with Crippen molar-refractivity contribution >= 4 is 11.6 Å². The van der Waals surface area contributed by atoms with Gasteiger partial charge in [-0.1, -0.05) is 25.0 Å². The maximum absolute atomic E-state index is 12.5. The zero-order valence-electron chi connectivity index (χ0n) is 12.7. The van der Waals surface area contributed by atoms with Gasteiger partial charge in [0.05, 0.1) is 11.3 Å². The molecule has 0 spiro atoms. The summed E-state index contributed by atoms with van der Waals surface area (Å²) < 4.78 is 1.94. The Balaban J connectivity index is 1.76. The van der Waals surface area contributed by atoms with E-state index < -0.39 is 0 Å². The number of amides is 1. The minimum atomic E-state index is -0.152. The average molecular weight is 295 g/mol. The van der Waals surface area contributed by atoms with E-state index in [9.17, 15) is 4.79 Å². The van der Waals surface area contributed by atoms with E-state index in [1.807, 2.05) is 53.4 Å². The minimum Gasteiger partial charge on any atom is -0.323 e. The summed E-state index contributed by atoms with van der Waals surface area (Å²) >= 11 is 0. The van der Waals surface area contributed by atoms with Crippen molar-refractivity contribution < 1.29 is 4.79 Å². The van der Waals surface area contributed by atoms with Gasteiger partial charge in [0.2, 0.25) is 0 Å². The van der Waals surface area contributed by atoms with Crippen molar-refractivity contribution in [1.82, 2.24) is 9.99 Å². The molecule has 4 heteroatoms. The van der Waals surface area contributed by atoms with Crippen molar-refractivity contribution in [3.63, 3.8) is 0 Å². The number of carbonyl (C=O) groups excluding carboxylic acids is 1. The average Bonchev–Trinajstić information content (AvgIpc) is 2.96. The Morgan fingerprint density at radius 3 is 2.36 bits per heavy atom. The summed E-state index contributed by atoms with van der Waals surface area (Å²) in [5, 5.41) is 4.35. The lowest BCUT2D eigenvalue weighted by molar-refractivity contribution is 0.0954. The maximum Gasteiger partial charge on any atom is 0.273 e. The van der Waals surface area contributed by atoms with Crippen LogP contribution in [0.25, 0.3) is 5.69 Å². The third kappa shape index (κ3) is 3.45. The van der Waals surface area contributed by atoms with Crippen molar-refractivity contribution in [3.05, 3.63) is 54.4 Å². The summed E-state index contributed by atoms with van der Waals surface area (Å²) in [5.74, 6) is -0.152. The van der Waals surface area contributed by atoms with Crippen LogP contribution in [0.1, 0.15) is 48.9 Å². The second kappa shape index (κ2) is 7.07. The number of hydrogen-bond acceptors (Lipinski definition) is 2. The molecule has 0 saturated heterocycles. The quantitative estimate of drug-likeness (QED) is 0.677. The molecule has 22 heavy (non-hydrogen) atoms. The Morgan fingerprint density at radius 1 is 0.955 bits per heavy atom. The second-order valence-corrected chi connectivity index (χ2v) is 5.64. The molecule has 0 radical (unpaired) electrons. The first-order chi connectivity index (χ1) is 10.8. The van der Waals surface area contributed by atoms with Crippen LogP contribution in [0.4, 0.5) is 0 Å². The van der Waals surface area contributed by atoms with Gasteiger partial charge in [-0.2, -0.15) is 5.10 Å². The van der Waals surface area contributed by atoms with E-state index in [2.05, 4.69) is 10.5 Å². The molecule has 0 bridgehead atoms. The number of rotatable bonds is 3. The molecule has 2 aromatic rings. The number of aromatic nitrogens is 1. The van der Waals surface area contributed by atoms with E-state index >= 15 is 0 Å². The lowest BCUT2D eigenvalue weighted by Gasteiger charge is -2.10. The SMILES string of the molecule is O=C(NN=C1CCCCCC1)c1ccccc1-n1cccc1. The number of hydrogen-bond donors (Lipinski definition) is 1. The fraction of sp³-hybridized carbons (Fsp3) is 0.333. The summed E-state index contributed by atoms with van der Waals surface area (Å²) in [6, 6.07) is 11.5. The van der Waals surface area contributed by atoms with Crippen molar-refractivity contribution in [2.24, 2.45) is 5.10 Å². The van der Waals surface area contributed by atoms with Gasteiger partial charge in [-0.05, 0) is 49.9 Å². The van der Waals surface area contributed by atoms with Gasteiger partial charge in [-0.25, -0.2) is 5.43 Å². The fourth-order valence-corrected chi connectivity index (χ4v) is 2.82. The number of para-hydroxylation sites is 1. The molecule has 1 N–H and O–H groups in total. The summed E-state index contributed by atoms with van der Waals surface area (Å²) in [5.41, 5.74) is 5.35. The van der Waals surface area contributed by atoms with E-state index in [4.69, 9.17) is 0 Å². The number of nitrogens with one attached hydrogen (secondary N) is 1. The van der Waals surface area contributed by atoms with Gasteiger partial charge in [0.15, 0.2) is 0 Å². The van der Waals surface area contributed by atoms with Gasteiger partial charge in [0.1, 0.15) is 0 Å². The van der Waals surface area contributed by atoms with Crippen molar-refractivity contribution in [3.8, 4) is 5.69 Å². The lowest BCUT2D eigenvalue weighted by atomic mass is 10.1. The van der Waals surface area contributed by atoms with Crippen LogP contribution >= 0.6 is 0 Å². The van der Waals surface area contributed by atoms with E-state index in [0.717, 1.165) is 24.2 Å². The first-order valence-corrected chi connectivity index (χ1v) is 7.93. The molecule has 1 heterocycles. The van der Waals surface area contributed by atoms with Crippen LogP contribution in [0.15, 0.2) is 53.9 Å². The number of nitrogens with zero attached hydrogens (tertiary/aromatic N) is 2. The van der Waals surface area contributed by atoms with E-state index in [1.165, 1.54) is 25.7 Å². The summed E-state index contributed by atoms with van der Waals surface area (Å²) in [6.07, 6.45) is 10.8. The molecule has 1 aromatic heterocycles. The van der Waals surface area contributed by atoms with Crippen LogP contribution in [0.3, 0.4) is 0 Å². The van der Waals surface area contributed by atoms with Crippen LogP contribution < -0.4 is 5.43 Å². The molecule has 1 aliphatic carbocycles. The molecule has 1 fully saturated rings. The van der Waals surface area contributed by atoms with E-state index in [-0.39, 0.29) is 5.91 Å². The number of benzene rings is 1. The van der Waals surface area contributed by atoms with Crippen molar-refractivity contribution in [2.75, 3.05) is 0 Å². The second-order valence-electron chi connectivity index (χ2n) is 5.64. The Bertz CT molecular complexity index is 649. The van der Waals surface area contributed by atoms with Gasteiger partial charge < -0.3 is 4.57 Å². The first-order valence-electron chi connectivity index (χ1n) is 7.93. The van der Waals surface area contributed by atoms with Gasteiger partial charge in [-0.15, -0.1) is 0 Å². The monoisotopic (exact) mass is 295 g/mol. The predicted octanol–water partition coefficient (Wildman–Crippen LogP) is 3.92. The molecular weight excluding hydrogens is 274 g/mol. The Morgan fingerprint density at radius 2 is 1.64 bits per heavy atom. The zero-order chi connectivity index (χ0) is 15.2. The molecule has 4 nitrogen and oxygen atoms in total. The van der Waals surface area contributed by atoms with Crippen LogP contribution in [-0.2, 0) is 0 Å². The molecule has 3 rings (SSSR count). The van der Waals surface area contributed by atoms with Gasteiger partial charge in [0, 0.05) is 18.1 Å². The van der Waals surface area contributed by atoms with Crippen LogP contribution in [0, 0.1) is 0 Å². The highest BCUT2D eigenvalue weighted by atomic mass is 16.2. The molecule has 0 atom stereocenters. The number of carbonyl (C=O) groups is 1. The standard InChI is InChI=1S/C18H21N3O/c22-18(20-19-15-9-3-1-2-4-10-15)16-11-5-6-12-17(16)21-13-7-8-14-21/h5-8,11-14H,1-4,9-10H2,(H,20,22). The van der Waals surface area contributed by atoms with E-state index in [0.29, 0.717) is 5.56 Å². The van der Waals surface area contributed by atoms with Crippen molar-refractivity contribution in [1.29, 1.82) is 0 Å². The largest absolute Gasteiger partial charge is 0.323 e. The first kappa shape index (κ1) is 14.6. The predicted molar refractivity (Wildman–Crippen MR) is 88.4 cm³/mol. The highest BCUT2D eigenvalue weighted by molar-refractivity contribution is 5.98. The van der Waals surface area contributed by atoms with Crippen LogP contribution in [-0.4, -0.2) is 16.2 Å². The molecular formula is C18H21N3O. The third-order valence-electron chi connectivity index (χ3n) is 4.03. The van der Waals surface area contributed by atoms with Gasteiger partial charge >= 0.3 is 0 Å². The zero-order valence-corrected chi connectivity index (χ0v) is 12.7. The maximum atomic E-state index is 12.5. The third-order valence-corrected chi connectivity index (χ3v) is 4.03. The molecule has 0 unspecified atom stereocenters. The Labute approximate surface area is 130 Å². The summed E-state index contributed by atoms with van der Waals surface area (Å²) in [6.45, 7) is 0. The summed E-state index contributed by atoms with van der Waals surface area (Å²) in [7, 11) is 0. The molecule has 1 aromatic carbocycles. The van der Waals surface area contributed by atoms with Gasteiger partial charge in [-0.3, -0.25) is 4.79 Å².